The molecular weight excluding hydrogens is 1190 g/mol. The molecule has 21 aliphatic heterocycles. The van der Waals surface area contributed by atoms with Crippen LogP contribution in [0.2, 0.25) is 0 Å². The van der Waals surface area contributed by atoms with Crippen LogP contribution < -0.4 is 0 Å². The van der Waals surface area contributed by atoms with E-state index in [9.17, 15) is 116 Å². The van der Waals surface area contributed by atoms with Crippen LogP contribution in [0, 0.1) is 0 Å². The molecule has 85 heavy (non-hydrogen) atoms. The zero-order chi connectivity index (χ0) is 62.8. The van der Waals surface area contributed by atoms with Gasteiger partial charge in [0.05, 0.1) is 46.2 Å². The third-order valence-corrected chi connectivity index (χ3v) is 15.5. The Kier molecular flexibility index (Phi) is 25.5. The highest BCUT2D eigenvalue weighted by molar-refractivity contribution is 7.46. The van der Waals surface area contributed by atoms with E-state index >= 15 is 0 Å². The number of phosphoric ester groups is 1. The van der Waals surface area contributed by atoms with E-state index in [1.54, 1.807) is 0 Å². The molecule has 0 saturated carbocycles. The van der Waals surface area contributed by atoms with Crippen molar-refractivity contribution in [3.63, 3.8) is 0 Å². The molecule has 0 amide bonds. The second kappa shape index (κ2) is 30.4. The molecule has 0 radical (unpaired) electrons. The van der Waals surface area contributed by atoms with E-state index in [0.717, 1.165) is 0 Å². The molecule has 498 valence electrons. The summed E-state index contributed by atoms with van der Waals surface area (Å²) in [6.07, 6.45) is -73.2. The van der Waals surface area contributed by atoms with Gasteiger partial charge >= 0.3 is 7.82 Å². The molecule has 0 aromatic carbocycles. The Bertz CT molecular complexity index is 2060. The van der Waals surface area contributed by atoms with Crippen molar-refractivity contribution < 1.29 is 187 Å². The fourth-order valence-electron chi connectivity index (χ4n) is 10.6. The van der Waals surface area contributed by atoms with Gasteiger partial charge in [-0.25, -0.2) is 4.57 Å². The van der Waals surface area contributed by atoms with E-state index in [2.05, 4.69) is 4.52 Å². The summed E-state index contributed by atoms with van der Waals surface area (Å²) in [6.45, 7) is -7.83. The van der Waals surface area contributed by atoms with Crippen LogP contribution in [-0.4, -0.2) is 399 Å². The first-order chi connectivity index (χ1) is 40.0. The fourth-order valence-corrected chi connectivity index (χ4v) is 10.9. The number of rotatable bonds is 9. The molecule has 22 N–H and O–H groups in total. The average molecular weight is 1270 g/mol. The number of ether oxygens (including phenoxy) is 14. The molecule has 21 heterocycles. The second-order valence-electron chi connectivity index (χ2n) is 21.6. The Hall–Kier alpha value is -1.29. The van der Waals surface area contributed by atoms with E-state index in [1.165, 1.54) is 0 Å². The maximum absolute atomic E-state index is 11.9. The third-order valence-electron chi connectivity index (χ3n) is 15.0. The molecule has 21 aliphatic rings. The highest BCUT2D eigenvalue weighted by Crippen LogP contribution is 2.41. The minimum atomic E-state index is -5.43. The third kappa shape index (κ3) is 15.8. The highest BCUT2D eigenvalue weighted by Gasteiger charge is 2.59. The van der Waals surface area contributed by atoms with E-state index < -0.39 is 269 Å². The summed E-state index contributed by atoms with van der Waals surface area (Å²) in [7, 11) is 0.571. The van der Waals surface area contributed by atoms with Crippen molar-refractivity contribution in [2.24, 2.45) is 0 Å². The van der Waals surface area contributed by atoms with Gasteiger partial charge in [-0.15, -0.1) is 0 Å². The van der Waals surface area contributed by atoms with Gasteiger partial charge in [0.2, 0.25) is 0 Å². The van der Waals surface area contributed by atoms with Gasteiger partial charge in [0.15, 0.2) is 44.0 Å². The highest BCUT2D eigenvalue weighted by atomic mass is 31.2. The zero-order valence-electron chi connectivity index (χ0n) is 45.4. The summed E-state index contributed by atoms with van der Waals surface area (Å²) in [5.74, 6) is 0. The van der Waals surface area contributed by atoms with Gasteiger partial charge < -0.3 is 183 Å². The zero-order valence-corrected chi connectivity index (χ0v) is 46.3. The van der Waals surface area contributed by atoms with Crippen LogP contribution in [0.3, 0.4) is 0 Å². The molecule has 0 unspecified atom stereocenters. The fraction of sp³-hybridized carbons (Fsp3) is 1.00. The van der Waals surface area contributed by atoms with Gasteiger partial charge in [-0.1, -0.05) is 0 Å². The molecule has 35 atom stereocenters. The minimum absolute atomic E-state index is 1.07. The smallest absolute Gasteiger partial charge is 0.394 e. The van der Waals surface area contributed by atoms with E-state index in [0.29, 0.717) is 0 Å². The SMILES string of the molecule is CN(C)C.O=P(O)(O)OC[C@H]1O[C@@H]2O[C@H]3[C@H](O)[C@@H](O)[C@@H](O[C@H]4[C@H](O)[C@@H](O)[C@@H](O[C@H]5[C@H](O)[C@@H](O)[C@@H](O[C@H]6[C@H](O)[C@@H](O)[C@@H](O[C@H]7[C@H](O)[C@@H](O)[C@@H](O[C@H]8[C@H](O)[C@@H](O)[C@@H](O[C@H]1[C@H](O)[C@H]2O)O[C@@H]8CO)O[C@@H]7CO)O[C@@H]6CO)O[C@@H]5CO)O[C@@H]4CO)O[C@@H]3CO. The Morgan fingerprint density at radius 3 is 0.565 bits per heavy atom. The average Bonchev–Trinajstić information content (AvgIpc) is 2.02. The van der Waals surface area contributed by atoms with Crippen LogP contribution in [-0.2, 0) is 75.4 Å². The monoisotopic (exact) mass is 1270 g/mol. The molecule has 39 nitrogen and oxygen atoms in total. The van der Waals surface area contributed by atoms with E-state index in [-0.39, 0.29) is 0 Å². The summed E-state index contributed by atoms with van der Waals surface area (Å²) >= 11 is 0. The van der Waals surface area contributed by atoms with Crippen LogP contribution in [0.25, 0.3) is 0 Å². The minimum Gasteiger partial charge on any atom is -0.394 e. The summed E-state index contributed by atoms with van der Waals surface area (Å²) in [6, 6.07) is 0. The quantitative estimate of drug-likeness (QED) is 0.0953. The van der Waals surface area contributed by atoms with Crippen LogP contribution in [0.1, 0.15) is 0 Å². The standard InChI is InChI=1S/C42H71O38P.C3H9N/c43-1-8-29-16(50)23(57)37(68-8)76-31-10(3-45)70-39(25(59)18(31)52)78-33-12(5-47)72-41(27(61)20(33)54)80-35-14(7-66-81(63,64)65)73-42(28(62)21(35)55)79-34-13(6-48)71-40(26(60)19(34)53)77-32-11(4-46)69-38(24(58)17(32)51)75-30-9(2-44)67-36(74-29)22(56)15(30)49;1-4(2)3/h8-62H,1-7H2,(H2,63,64,65);1-3H3/t8-,9-,10-,11-,12-,13-,14-,15-,16-,17-,18-,19-,20-,21-,22-,23-,24-,25-,26-,27-,28-,29-,30-,31-,32-,33-,34-,35-,36-,37-,38-,39-,40-,41-,42-;/m1./s1. The predicted molar refractivity (Wildman–Crippen MR) is 259 cm³/mol. The van der Waals surface area contributed by atoms with Crippen LogP contribution >= 0.6 is 7.82 Å². The van der Waals surface area contributed by atoms with Gasteiger partial charge in [0.25, 0.3) is 0 Å². The first kappa shape index (κ1) is 71.2. The Labute approximate surface area is 481 Å². The molecule has 40 heteroatoms. The Morgan fingerprint density at radius 2 is 0.424 bits per heavy atom. The maximum Gasteiger partial charge on any atom is 0.469 e. The van der Waals surface area contributed by atoms with Crippen LogP contribution in [0.4, 0.5) is 0 Å². The first-order valence-electron chi connectivity index (χ1n) is 26.7. The Morgan fingerprint density at radius 1 is 0.282 bits per heavy atom. The number of aliphatic hydroxyl groups excluding tert-OH is 20. The van der Waals surface area contributed by atoms with Crippen molar-refractivity contribution in [2.45, 2.75) is 215 Å². The van der Waals surface area contributed by atoms with Crippen molar-refractivity contribution in [3.05, 3.63) is 0 Å². The number of hydrogen-bond donors (Lipinski definition) is 22. The lowest BCUT2D eigenvalue weighted by Crippen LogP contribution is -2.68. The van der Waals surface area contributed by atoms with Gasteiger partial charge in [-0.2, -0.15) is 0 Å². The van der Waals surface area contributed by atoms with E-state index in [4.69, 9.17) is 66.3 Å². The molecule has 0 spiro atoms. The van der Waals surface area contributed by atoms with Crippen molar-refractivity contribution in [2.75, 3.05) is 67.4 Å². The summed E-state index contributed by atoms with van der Waals surface area (Å²) in [5, 5.41) is 221. The molecule has 21 saturated heterocycles. The second-order valence-corrected chi connectivity index (χ2v) is 22.8. The van der Waals surface area contributed by atoms with Crippen molar-refractivity contribution >= 4 is 7.82 Å². The van der Waals surface area contributed by atoms with Crippen LogP contribution in [0.15, 0.2) is 0 Å². The van der Waals surface area contributed by atoms with Crippen molar-refractivity contribution in [1.82, 2.24) is 4.90 Å². The number of nitrogens with zero attached hydrogens (tertiary/aromatic N) is 1. The van der Waals surface area contributed by atoms with Crippen molar-refractivity contribution in [3.8, 4) is 0 Å². The molecule has 0 aromatic rings. The number of hydrogen-bond acceptors (Lipinski definition) is 37. The lowest BCUT2D eigenvalue weighted by molar-refractivity contribution is -0.396. The summed E-state index contributed by atoms with van der Waals surface area (Å²) in [5.41, 5.74) is 0. The molecule has 0 aromatic heterocycles. The largest absolute Gasteiger partial charge is 0.469 e. The normalized spacial score (nSPS) is 51.3. The van der Waals surface area contributed by atoms with Crippen molar-refractivity contribution in [1.29, 1.82) is 0 Å². The molecule has 21 rings (SSSR count). The molecule has 0 aliphatic carbocycles. The van der Waals surface area contributed by atoms with Gasteiger partial charge in [-0.05, 0) is 21.1 Å². The molecule has 21 fully saturated rings. The van der Waals surface area contributed by atoms with Gasteiger partial charge in [0.1, 0.15) is 171 Å². The topological polar surface area (TPSA) is 604 Å². The Balaban J connectivity index is 0.00000251. The van der Waals surface area contributed by atoms with Crippen LogP contribution in [0.5, 0.6) is 0 Å². The van der Waals surface area contributed by atoms with Gasteiger partial charge in [0, 0.05) is 0 Å². The number of phosphoric acid groups is 1. The predicted octanol–water partition coefficient (Wildman–Crippen LogP) is -14.9. The van der Waals surface area contributed by atoms with E-state index in [1.807, 2.05) is 26.0 Å². The molecule has 14 bridgehead atoms. The maximum atomic E-state index is 11.9. The lowest BCUT2D eigenvalue weighted by atomic mass is 9.95. The summed E-state index contributed by atoms with van der Waals surface area (Å²) in [4.78, 5) is 21.1. The number of aliphatic hydroxyl groups is 20. The van der Waals surface area contributed by atoms with Gasteiger partial charge in [-0.3, -0.25) is 4.52 Å². The molecular formula is C45H80NO38P. The lowest BCUT2D eigenvalue weighted by Gasteiger charge is -2.50. The first-order valence-corrected chi connectivity index (χ1v) is 28.2. The summed E-state index contributed by atoms with van der Waals surface area (Å²) < 4.78 is 95.8.